The number of nitrogens with zero attached hydrogens (tertiary/aromatic N) is 1. The van der Waals surface area contributed by atoms with E-state index >= 15 is 0 Å². The fourth-order valence-electron chi connectivity index (χ4n) is 2.73. The summed E-state index contributed by atoms with van der Waals surface area (Å²) in [6.07, 6.45) is 0. The normalized spacial score (nSPS) is 13.8. The van der Waals surface area contributed by atoms with Crippen LogP contribution in [-0.4, -0.2) is 33.2 Å². The van der Waals surface area contributed by atoms with Gasteiger partial charge in [0.1, 0.15) is 5.75 Å². The molecule has 0 spiro atoms. The summed E-state index contributed by atoms with van der Waals surface area (Å²) in [5.41, 5.74) is 1.01. The van der Waals surface area contributed by atoms with Gasteiger partial charge in [-0.2, -0.15) is 0 Å². The van der Waals surface area contributed by atoms with Crippen LogP contribution in [0.3, 0.4) is 0 Å². The number of fused-ring (bicyclic) bond motifs is 1. The van der Waals surface area contributed by atoms with E-state index in [0.29, 0.717) is 30.3 Å². The van der Waals surface area contributed by atoms with Gasteiger partial charge in [-0.05, 0) is 37.3 Å². The van der Waals surface area contributed by atoms with Crippen molar-refractivity contribution >= 4 is 39.1 Å². The zero-order chi connectivity index (χ0) is 18.7. The first-order valence-corrected chi connectivity index (χ1v) is 10.7. The van der Waals surface area contributed by atoms with Crippen LogP contribution in [0.5, 0.6) is 5.75 Å². The SMILES string of the molecule is CCOc1ccccc1NS(=O)(=O)c1ccc2c(c1)N(C(C)=O)CCS2. The maximum atomic E-state index is 12.8. The first-order chi connectivity index (χ1) is 12.4. The van der Waals surface area contributed by atoms with Crippen molar-refractivity contribution in [3.8, 4) is 5.75 Å². The van der Waals surface area contributed by atoms with Gasteiger partial charge in [0.05, 0.1) is 22.9 Å². The lowest BCUT2D eigenvalue weighted by Gasteiger charge is -2.28. The van der Waals surface area contributed by atoms with E-state index in [2.05, 4.69) is 4.72 Å². The lowest BCUT2D eigenvalue weighted by Crippen LogP contribution is -2.33. The van der Waals surface area contributed by atoms with E-state index in [4.69, 9.17) is 4.74 Å². The minimum atomic E-state index is -3.81. The van der Waals surface area contributed by atoms with Crippen molar-refractivity contribution in [3.63, 3.8) is 0 Å². The van der Waals surface area contributed by atoms with Gasteiger partial charge < -0.3 is 9.64 Å². The van der Waals surface area contributed by atoms with E-state index in [1.54, 1.807) is 59.1 Å². The summed E-state index contributed by atoms with van der Waals surface area (Å²) < 4.78 is 33.7. The number of para-hydroxylation sites is 2. The number of sulfonamides is 1. The molecule has 0 saturated carbocycles. The molecule has 0 saturated heterocycles. The van der Waals surface area contributed by atoms with Crippen molar-refractivity contribution in [1.29, 1.82) is 0 Å². The summed E-state index contributed by atoms with van der Waals surface area (Å²) in [5.74, 6) is 1.16. The monoisotopic (exact) mass is 392 g/mol. The van der Waals surface area contributed by atoms with Crippen molar-refractivity contribution < 1.29 is 17.9 Å². The van der Waals surface area contributed by atoms with Gasteiger partial charge in [-0.3, -0.25) is 9.52 Å². The van der Waals surface area contributed by atoms with Crippen molar-refractivity contribution in [2.75, 3.05) is 28.5 Å². The Morgan fingerprint density at radius 1 is 1.27 bits per heavy atom. The second-order valence-electron chi connectivity index (χ2n) is 5.68. The first kappa shape index (κ1) is 18.6. The molecule has 0 atom stereocenters. The molecule has 0 fully saturated rings. The van der Waals surface area contributed by atoms with Crippen molar-refractivity contribution in [1.82, 2.24) is 0 Å². The summed E-state index contributed by atoms with van der Waals surface area (Å²) in [7, 11) is -3.81. The van der Waals surface area contributed by atoms with Crippen molar-refractivity contribution in [2.24, 2.45) is 0 Å². The number of thioether (sulfide) groups is 1. The average molecular weight is 393 g/mol. The molecule has 0 radical (unpaired) electrons. The third-order valence-electron chi connectivity index (χ3n) is 3.92. The number of hydrogen-bond donors (Lipinski definition) is 1. The van der Waals surface area contributed by atoms with Gasteiger partial charge in [-0.15, -0.1) is 11.8 Å². The number of hydrogen-bond acceptors (Lipinski definition) is 5. The Morgan fingerprint density at radius 3 is 2.77 bits per heavy atom. The molecule has 0 aromatic heterocycles. The number of ether oxygens (including phenoxy) is 1. The van der Waals surface area contributed by atoms with E-state index < -0.39 is 10.0 Å². The molecule has 1 amide bonds. The van der Waals surface area contributed by atoms with E-state index in [-0.39, 0.29) is 10.8 Å². The number of amides is 1. The fraction of sp³-hybridized carbons (Fsp3) is 0.278. The van der Waals surface area contributed by atoms with Gasteiger partial charge in [-0.25, -0.2) is 8.42 Å². The number of carbonyl (C=O) groups is 1. The van der Waals surface area contributed by atoms with Crippen LogP contribution in [0.4, 0.5) is 11.4 Å². The molecule has 1 aliphatic heterocycles. The minimum Gasteiger partial charge on any atom is -0.492 e. The summed E-state index contributed by atoms with van der Waals surface area (Å²) in [5, 5.41) is 0. The van der Waals surface area contributed by atoms with Gasteiger partial charge in [0.2, 0.25) is 5.91 Å². The average Bonchev–Trinajstić information content (AvgIpc) is 2.62. The maximum Gasteiger partial charge on any atom is 0.262 e. The Bertz CT molecular complexity index is 929. The standard InChI is InChI=1S/C18H20N2O4S2/c1-3-24-17-7-5-4-6-15(17)19-26(22,23)14-8-9-18-16(12-14)20(13(2)21)10-11-25-18/h4-9,12,19H,3,10-11H2,1-2H3. The third kappa shape index (κ3) is 3.81. The summed E-state index contributed by atoms with van der Waals surface area (Å²) >= 11 is 1.61. The van der Waals surface area contributed by atoms with E-state index in [9.17, 15) is 13.2 Å². The zero-order valence-electron chi connectivity index (χ0n) is 14.6. The Kier molecular flexibility index (Phi) is 5.43. The first-order valence-electron chi connectivity index (χ1n) is 8.22. The second-order valence-corrected chi connectivity index (χ2v) is 8.50. The molecule has 2 aromatic rings. The highest BCUT2D eigenvalue weighted by atomic mass is 32.2. The number of carbonyl (C=O) groups excluding carboxylic acids is 1. The lowest BCUT2D eigenvalue weighted by atomic mass is 10.2. The van der Waals surface area contributed by atoms with Crippen molar-refractivity contribution in [3.05, 3.63) is 42.5 Å². The Balaban J connectivity index is 1.96. The van der Waals surface area contributed by atoms with Gasteiger partial charge in [0.25, 0.3) is 10.0 Å². The van der Waals surface area contributed by atoms with Crippen LogP contribution >= 0.6 is 11.8 Å². The van der Waals surface area contributed by atoms with Crippen LogP contribution in [-0.2, 0) is 14.8 Å². The molecule has 138 valence electrons. The molecule has 1 heterocycles. The third-order valence-corrected chi connectivity index (χ3v) is 6.32. The predicted molar refractivity (Wildman–Crippen MR) is 104 cm³/mol. The molecule has 1 N–H and O–H groups in total. The van der Waals surface area contributed by atoms with Crippen LogP contribution in [0.1, 0.15) is 13.8 Å². The fourth-order valence-corrected chi connectivity index (χ4v) is 4.79. The summed E-state index contributed by atoms with van der Waals surface area (Å²) in [6.45, 7) is 4.32. The van der Waals surface area contributed by atoms with E-state index in [0.717, 1.165) is 10.6 Å². The van der Waals surface area contributed by atoms with Crippen LogP contribution < -0.4 is 14.4 Å². The highest BCUT2D eigenvalue weighted by molar-refractivity contribution is 7.99. The van der Waals surface area contributed by atoms with Crippen LogP contribution in [0.2, 0.25) is 0 Å². The topological polar surface area (TPSA) is 75.7 Å². The van der Waals surface area contributed by atoms with Gasteiger partial charge >= 0.3 is 0 Å². The van der Waals surface area contributed by atoms with Gasteiger partial charge in [-0.1, -0.05) is 12.1 Å². The smallest absolute Gasteiger partial charge is 0.262 e. The van der Waals surface area contributed by atoms with Crippen LogP contribution in [0.25, 0.3) is 0 Å². The van der Waals surface area contributed by atoms with Crippen molar-refractivity contribution in [2.45, 2.75) is 23.6 Å². The molecule has 0 bridgehead atoms. The molecule has 2 aromatic carbocycles. The number of anilines is 2. The second kappa shape index (κ2) is 7.59. The summed E-state index contributed by atoms with van der Waals surface area (Å²) in [4.78, 5) is 14.5. The largest absolute Gasteiger partial charge is 0.492 e. The molecule has 1 aliphatic rings. The number of nitrogens with one attached hydrogen (secondary N) is 1. The summed E-state index contributed by atoms with van der Waals surface area (Å²) in [6, 6.07) is 11.7. The maximum absolute atomic E-state index is 12.8. The van der Waals surface area contributed by atoms with Gasteiger partial charge in [0.15, 0.2) is 0 Å². The Labute approximate surface area is 157 Å². The molecule has 26 heavy (non-hydrogen) atoms. The highest BCUT2D eigenvalue weighted by Crippen LogP contribution is 2.37. The Hall–Kier alpha value is -2.19. The lowest BCUT2D eigenvalue weighted by molar-refractivity contribution is -0.116. The predicted octanol–water partition coefficient (Wildman–Crippen LogP) is 3.34. The molecule has 8 heteroatoms. The zero-order valence-corrected chi connectivity index (χ0v) is 16.2. The van der Waals surface area contributed by atoms with Crippen LogP contribution in [0.15, 0.2) is 52.3 Å². The highest BCUT2D eigenvalue weighted by Gasteiger charge is 2.24. The van der Waals surface area contributed by atoms with E-state index in [1.165, 1.54) is 6.92 Å². The van der Waals surface area contributed by atoms with Gasteiger partial charge in [0, 0.05) is 24.1 Å². The number of rotatable bonds is 5. The molecular weight excluding hydrogens is 372 g/mol. The number of benzene rings is 2. The molecular formula is C18H20N2O4S2. The molecule has 3 rings (SSSR count). The molecule has 6 nitrogen and oxygen atoms in total. The Morgan fingerprint density at radius 2 is 2.04 bits per heavy atom. The minimum absolute atomic E-state index is 0.101. The molecule has 0 aliphatic carbocycles. The van der Waals surface area contributed by atoms with Crippen LogP contribution in [0, 0.1) is 0 Å². The quantitative estimate of drug-likeness (QED) is 0.845. The van der Waals surface area contributed by atoms with E-state index in [1.807, 2.05) is 6.92 Å². The molecule has 0 unspecified atom stereocenters.